The summed E-state index contributed by atoms with van der Waals surface area (Å²) in [4.78, 5) is 30.9. The van der Waals surface area contributed by atoms with E-state index in [1.165, 1.54) is 23.8 Å². The summed E-state index contributed by atoms with van der Waals surface area (Å²) >= 11 is 0. The van der Waals surface area contributed by atoms with Crippen LogP contribution in [-0.2, 0) is 17.8 Å². The van der Waals surface area contributed by atoms with Crippen molar-refractivity contribution in [2.45, 2.75) is 64.5 Å². The summed E-state index contributed by atoms with van der Waals surface area (Å²) in [5.41, 5.74) is 3.18. The molecule has 1 fully saturated rings. The van der Waals surface area contributed by atoms with E-state index in [2.05, 4.69) is 22.5 Å². The number of benzene rings is 2. The topological polar surface area (TPSA) is 81.3 Å². The van der Waals surface area contributed by atoms with E-state index in [1.54, 1.807) is 0 Å². The van der Waals surface area contributed by atoms with Gasteiger partial charge in [0, 0.05) is 29.3 Å². The van der Waals surface area contributed by atoms with Crippen molar-refractivity contribution in [3.8, 4) is 11.4 Å². The highest BCUT2D eigenvalue weighted by Gasteiger charge is 2.21. The van der Waals surface area contributed by atoms with Crippen molar-refractivity contribution in [3.63, 3.8) is 0 Å². The zero-order valence-corrected chi connectivity index (χ0v) is 20.1. The number of aromatic nitrogens is 4. The molecule has 0 unspecified atom stereocenters. The van der Waals surface area contributed by atoms with Gasteiger partial charge in [0.15, 0.2) is 5.82 Å². The van der Waals surface area contributed by atoms with Crippen LogP contribution in [0.2, 0.25) is 0 Å². The van der Waals surface area contributed by atoms with Gasteiger partial charge in [-0.15, -0.1) is 5.10 Å². The van der Waals surface area contributed by atoms with Gasteiger partial charge in [0.1, 0.15) is 0 Å². The average molecular weight is 470 g/mol. The van der Waals surface area contributed by atoms with Gasteiger partial charge in [0.05, 0.1) is 6.54 Å². The smallest absolute Gasteiger partial charge is 0.279 e. The molecule has 0 aliphatic heterocycles. The summed E-state index contributed by atoms with van der Waals surface area (Å²) in [5, 5.41) is 7.74. The Hall–Kier alpha value is -3.74. The summed E-state index contributed by atoms with van der Waals surface area (Å²) in [6, 6.07) is 20.0. The molecule has 180 valence electrons. The van der Waals surface area contributed by atoms with E-state index < -0.39 is 0 Å². The number of carbonyl (C=O) groups is 1. The monoisotopic (exact) mass is 469 g/mol. The molecule has 1 saturated carbocycles. The van der Waals surface area contributed by atoms with Crippen LogP contribution in [-0.4, -0.2) is 31.1 Å². The molecular formula is C28H31N5O2. The van der Waals surface area contributed by atoms with Gasteiger partial charge in [-0.1, -0.05) is 79.9 Å². The van der Waals surface area contributed by atoms with Crippen LogP contribution >= 0.6 is 0 Å². The van der Waals surface area contributed by atoms with Gasteiger partial charge in [-0.05, 0) is 31.7 Å². The van der Waals surface area contributed by atoms with Gasteiger partial charge in [-0.3, -0.25) is 9.59 Å². The van der Waals surface area contributed by atoms with Gasteiger partial charge in [0.25, 0.3) is 5.56 Å². The maximum absolute atomic E-state index is 13.5. The van der Waals surface area contributed by atoms with Crippen molar-refractivity contribution in [1.29, 1.82) is 0 Å². The molecule has 4 aromatic rings. The maximum atomic E-state index is 13.5. The SMILES string of the molecule is Cc1c(CCC(=O)NC2CCCCC2)c(=O)n2nc(-c3ccccc3)nc2n1Cc1ccccc1. The molecule has 7 nitrogen and oxygen atoms in total. The van der Waals surface area contributed by atoms with Crippen LogP contribution in [0, 0.1) is 6.92 Å². The Morgan fingerprint density at radius 2 is 1.69 bits per heavy atom. The van der Waals surface area contributed by atoms with Crippen LogP contribution in [0.1, 0.15) is 55.3 Å². The van der Waals surface area contributed by atoms with E-state index in [4.69, 9.17) is 4.98 Å². The second-order valence-corrected chi connectivity index (χ2v) is 9.36. The molecule has 1 aliphatic rings. The number of hydrogen-bond acceptors (Lipinski definition) is 4. The molecule has 0 bridgehead atoms. The Balaban J connectivity index is 1.50. The van der Waals surface area contributed by atoms with Crippen molar-refractivity contribution in [2.75, 3.05) is 0 Å². The van der Waals surface area contributed by atoms with Gasteiger partial charge in [-0.2, -0.15) is 9.50 Å². The van der Waals surface area contributed by atoms with Crippen LogP contribution in [0.3, 0.4) is 0 Å². The number of carbonyl (C=O) groups excluding carboxylic acids is 1. The van der Waals surface area contributed by atoms with Crippen molar-refractivity contribution >= 4 is 11.7 Å². The highest BCUT2D eigenvalue weighted by molar-refractivity contribution is 5.76. The summed E-state index contributed by atoms with van der Waals surface area (Å²) in [6.07, 6.45) is 6.32. The Labute approximate surface area is 204 Å². The van der Waals surface area contributed by atoms with Crippen molar-refractivity contribution < 1.29 is 4.79 Å². The number of rotatable bonds is 7. The lowest BCUT2D eigenvalue weighted by Crippen LogP contribution is -2.36. The summed E-state index contributed by atoms with van der Waals surface area (Å²) in [6.45, 7) is 2.50. The van der Waals surface area contributed by atoms with Crippen molar-refractivity contribution in [2.24, 2.45) is 0 Å². The second kappa shape index (κ2) is 10.3. The normalized spacial score (nSPS) is 14.3. The average Bonchev–Trinajstić information content (AvgIpc) is 3.34. The van der Waals surface area contributed by atoms with E-state index in [1.807, 2.05) is 60.0 Å². The van der Waals surface area contributed by atoms with Crippen LogP contribution < -0.4 is 10.9 Å². The molecule has 5 rings (SSSR count). The molecule has 1 N–H and O–H groups in total. The standard InChI is InChI=1S/C28H31N5O2/c1-20-24(17-18-25(34)29-23-15-9-4-10-16-23)27(35)33-28(32(20)19-21-11-5-2-6-12-21)30-26(31-33)22-13-7-3-8-14-22/h2-3,5-8,11-14,23H,4,9-10,15-19H2,1H3,(H,29,34). The van der Waals surface area contributed by atoms with Crippen molar-refractivity contribution in [1.82, 2.24) is 24.5 Å². The van der Waals surface area contributed by atoms with Crippen LogP contribution in [0.4, 0.5) is 0 Å². The van der Waals surface area contributed by atoms with Gasteiger partial charge < -0.3 is 9.88 Å². The molecule has 35 heavy (non-hydrogen) atoms. The van der Waals surface area contributed by atoms with Gasteiger partial charge in [0.2, 0.25) is 11.7 Å². The fraction of sp³-hybridized carbons (Fsp3) is 0.357. The van der Waals surface area contributed by atoms with E-state index in [0.29, 0.717) is 30.1 Å². The van der Waals surface area contributed by atoms with E-state index in [0.717, 1.165) is 29.7 Å². The molecular weight excluding hydrogens is 438 g/mol. The molecule has 2 heterocycles. The minimum atomic E-state index is -0.207. The largest absolute Gasteiger partial charge is 0.353 e. The Morgan fingerprint density at radius 3 is 2.40 bits per heavy atom. The maximum Gasteiger partial charge on any atom is 0.279 e. The van der Waals surface area contributed by atoms with Crippen LogP contribution in [0.15, 0.2) is 65.5 Å². The highest BCUT2D eigenvalue weighted by Crippen LogP contribution is 2.20. The molecule has 7 heteroatoms. The summed E-state index contributed by atoms with van der Waals surface area (Å²) in [7, 11) is 0. The highest BCUT2D eigenvalue weighted by atomic mass is 16.1. The zero-order valence-electron chi connectivity index (χ0n) is 20.1. The first-order chi connectivity index (χ1) is 17.1. The van der Waals surface area contributed by atoms with Crippen LogP contribution in [0.5, 0.6) is 0 Å². The first-order valence-electron chi connectivity index (χ1n) is 12.5. The first-order valence-corrected chi connectivity index (χ1v) is 12.5. The minimum Gasteiger partial charge on any atom is -0.353 e. The van der Waals surface area contributed by atoms with Crippen molar-refractivity contribution in [3.05, 3.63) is 87.8 Å². The fourth-order valence-electron chi connectivity index (χ4n) is 4.95. The first kappa shape index (κ1) is 23.0. The Morgan fingerprint density at radius 1 is 1.00 bits per heavy atom. The molecule has 2 aromatic heterocycles. The van der Waals surface area contributed by atoms with Gasteiger partial charge in [-0.25, -0.2) is 0 Å². The molecule has 2 aromatic carbocycles. The lowest BCUT2D eigenvalue weighted by atomic mass is 9.95. The molecule has 0 saturated heterocycles. The number of amides is 1. The third-order valence-electron chi connectivity index (χ3n) is 6.91. The molecule has 1 aliphatic carbocycles. The van der Waals surface area contributed by atoms with Gasteiger partial charge >= 0.3 is 0 Å². The fourth-order valence-corrected chi connectivity index (χ4v) is 4.95. The molecule has 0 atom stereocenters. The Bertz CT molecular complexity index is 1370. The van der Waals surface area contributed by atoms with Crippen LogP contribution in [0.25, 0.3) is 17.2 Å². The number of fused-ring (bicyclic) bond motifs is 1. The van der Waals surface area contributed by atoms with E-state index >= 15 is 0 Å². The quantitative estimate of drug-likeness (QED) is 0.438. The lowest BCUT2D eigenvalue weighted by molar-refractivity contribution is -0.121. The summed E-state index contributed by atoms with van der Waals surface area (Å²) < 4.78 is 3.43. The number of nitrogens with zero attached hydrogens (tertiary/aromatic N) is 4. The molecule has 0 spiro atoms. The Kier molecular flexibility index (Phi) is 6.75. The lowest BCUT2D eigenvalue weighted by Gasteiger charge is -2.22. The number of hydrogen-bond donors (Lipinski definition) is 1. The third kappa shape index (κ3) is 5.04. The van der Waals surface area contributed by atoms with E-state index in [9.17, 15) is 9.59 Å². The summed E-state index contributed by atoms with van der Waals surface area (Å²) in [5.74, 6) is 1.02. The minimum absolute atomic E-state index is 0.00831. The number of nitrogens with one attached hydrogen (secondary N) is 1. The van der Waals surface area contributed by atoms with E-state index in [-0.39, 0.29) is 23.9 Å². The predicted octanol–water partition coefficient (Wildman–Crippen LogP) is 4.30. The zero-order chi connectivity index (χ0) is 24.2. The third-order valence-corrected chi connectivity index (χ3v) is 6.91. The second-order valence-electron chi connectivity index (χ2n) is 9.36. The predicted molar refractivity (Wildman–Crippen MR) is 136 cm³/mol. The molecule has 0 radical (unpaired) electrons. The molecule has 1 amide bonds.